The monoisotopic (exact) mass is 362 g/mol. The van der Waals surface area contributed by atoms with Gasteiger partial charge in [0.25, 0.3) is 0 Å². The fourth-order valence-electron chi connectivity index (χ4n) is 3.65. The van der Waals surface area contributed by atoms with Gasteiger partial charge in [-0.3, -0.25) is 4.90 Å². The molecule has 0 radical (unpaired) electrons. The van der Waals surface area contributed by atoms with Crippen LogP contribution in [0, 0.1) is 12.8 Å². The van der Waals surface area contributed by atoms with Crippen LogP contribution in [0.15, 0.2) is 18.2 Å². The summed E-state index contributed by atoms with van der Waals surface area (Å²) in [6, 6.07) is 6.31. The molecule has 0 aliphatic carbocycles. The van der Waals surface area contributed by atoms with Crippen molar-refractivity contribution in [2.24, 2.45) is 5.92 Å². The quantitative estimate of drug-likeness (QED) is 0.867. The zero-order chi connectivity index (χ0) is 14.7. The topological polar surface area (TPSA) is 44.7 Å². The van der Waals surface area contributed by atoms with E-state index in [4.69, 9.17) is 4.74 Å². The minimum Gasteiger partial charge on any atom is -0.508 e. The van der Waals surface area contributed by atoms with Crippen molar-refractivity contribution >= 4 is 24.8 Å². The second kappa shape index (κ2) is 9.70. The molecule has 132 valence electrons. The molecule has 2 saturated heterocycles. The number of nitrogens with one attached hydrogen (secondary N) is 1. The van der Waals surface area contributed by atoms with E-state index in [1.54, 1.807) is 0 Å². The van der Waals surface area contributed by atoms with Gasteiger partial charge in [-0.15, -0.1) is 24.8 Å². The van der Waals surface area contributed by atoms with E-state index in [1.807, 2.05) is 12.1 Å². The summed E-state index contributed by atoms with van der Waals surface area (Å²) in [5.41, 5.74) is 2.32. The number of phenolic OH excluding ortho intramolecular Hbond substituents is 1. The van der Waals surface area contributed by atoms with Crippen LogP contribution in [-0.4, -0.2) is 49.4 Å². The third-order valence-electron chi connectivity index (χ3n) is 4.76. The molecule has 0 bridgehead atoms. The predicted molar refractivity (Wildman–Crippen MR) is 98.1 cm³/mol. The minimum atomic E-state index is 0. The van der Waals surface area contributed by atoms with Crippen molar-refractivity contribution < 1.29 is 9.84 Å². The molecule has 0 saturated carbocycles. The van der Waals surface area contributed by atoms with Crippen LogP contribution in [0.25, 0.3) is 0 Å². The van der Waals surface area contributed by atoms with Crippen LogP contribution in [0.1, 0.15) is 30.0 Å². The Bertz CT molecular complexity index is 458. The summed E-state index contributed by atoms with van der Waals surface area (Å²) < 4.78 is 5.53. The molecule has 2 heterocycles. The first kappa shape index (κ1) is 20.5. The number of hydrogen-bond donors (Lipinski definition) is 2. The minimum absolute atomic E-state index is 0. The van der Waals surface area contributed by atoms with E-state index in [9.17, 15) is 5.11 Å². The Hall–Kier alpha value is -0.520. The second-order valence-electron chi connectivity index (χ2n) is 6.24. The molecule has 0 amide bonds. The van der Waals surface area contributed by atoms with Gasteiger partial charge in [-0.1, -0.05) is 17.7 Å². The molecule has 23 heavy (non-hydrogen) atoms. The highest BCUT2D eigenvalue weighted by Crippen LogP contribution is 2.39. The van der Waals surface area contributed by atoms with Gasteiger partial charge < -0.3 is 15.2 Å². The Morgan fingerprint density at radius 3 is 2.48 bits per heavy atom. The third-order valence-corrected chi connectivity index (χ3v) is 4.76. The molecule has 6 heteroatoms. The average molecular weight is 363 g/mol. The van der Waals surface area contributed by atoms with E-state index < -0.39 is 0 Å². The summed E-state index contributed by atoms with van der Waals surface area (Å²) in [6.45, 7) is 7.96. The van der Waals surface area contributed by atoms with E-state index in [1.165, 1.54) is 5.56 Å². The van der Waals surface area contributed by atoms with E-state index >= 15 is 0 Å². The lowest BCUT2D eigenvalue weighted by atomic mass is 9.84. The number of benzene rings is 1. The summed E-state index contributed by atoms with van der Waals surface area (Å²) >= 11 is 0. The highest BCUT2D eigenvalue weighted by molar-refractivity contribution is 5.85. The average Bonchev–Trinajstić information content (AvgIpc) is 2.53. The summed E-state index contributed by atoms with van der Waals surface area (Å²) in [5.74, 6) is 1.01. The molecular weight excluding hydrogens is 335 g/mol. The Balaban J connectivity index is 0.00000132. The molecule has 0 aromatic heterocycles. The summed E-state index contributed by atoms with van der Waals surface area (Å²) in [4.78, 5) is 2.54. The lowest BCUT2D eigenvalue weighted by Crippen LogP contribution is -2.47. The number of nitrogens with zero attached hydrogens (tertiary/aromatic N) is 1. The first-order valence-corrected chi connectivity index (χ1v) is 8.08. The van der Waals surface area contributed by atoms with Crippen LogP contribution < -0.4 is 5.32 Å². The molecule has 1 atom stereocenters. The zero-order valence-corrected chi connectivity index (χ0v) is 15.3. The normalized spacial score (nSPS) is 21.1. The van der Waals surface area contributed by atoms with E-state index in [-0.39, 0.29) is 24.8 Å². The van der Waals surface area contributed by atoms with E-state index in [2.05, 4.69) is 23.2 Å². The summed E-state index contributed by atoms with van der Waals surface area (Å²) in [6.07, 6.45) is 2.17. The third kappa shape index (κ3) is 4.97. The lowest BCUT2D eigenvalue weighted by molar-refractivity contribution is 0.0206. The molecule has 4 nitrogen and oxygen atoms in total. The standard InChI is InChI=1S/C17H26N2O2.2ClH/c1-13-2-3-16(20)15(12-13)17(14-4-10-21-11-5-14)19-8-6-18-7-9-19;;/h2-3,12,14,17-18,20H,4-11H2,1H3;2*1H/t17-;;/m1../s1. The number of halogens is 2. The summed E-state index contributed by atoms with van der Waals surface area (Å²) in [5, 5.41) is 13.8. The van der Waals surface area contributed by atoms with Gasteiger partial charge in [0.05, 0.1) is 0 Å². The first-order chi connectivity index (χ1) is 10.3. The molecule has 2 aliphatic rings. The van der Waals surface area contributed by atoms with Crippen molar-refractivity contribution in [2.45, 2.75) is 25.8 Å². The van der Waals surface area contributed by atoms with Crippen LogP contribution in [0.5, 0.6) is 5.75 Å². The molecule has 0 spiro atoms. The van der Waals surface area contributed by atoms with Crippen molar-refractivity contribution in [3.05, 3.63) is 29.3 Å². The number of phenols is 1. The Labute approximate surface area is 151 Å². The molecule has 2 aliphatic heterocycles. The fourth-order valence-corrected chi connectivity index (χ4v) is 3.65. The van der Waals surface area contributed by atoms with Crippen molar-refractivity contribution in [1.82, 2.24) is 10.2 Å². The van der Waals surface area contributed by atoms with Crippen LogP contribution in [-0.2, 0) is 4.74 Å². The van der Waals surface area contributed by atoms with E-state index in [0.29, 0.717) is 17.7 Å². The first-order valence-electron chi connectivity index (χ1n) is 8.08. The molecule has 2 fully saturated rings. The highest BCUT2D eigenvalue weighted by Gasteiger charge is 2.32. The van der Waals surface area contributed by atoms with Gasteiger partial charge in [0.1, 0.15) is 5.75 Å². The number of hydrogen-bond acceptors (Lipinski definition) is 4. The molecule has 1 aromatic rings. The molecule has 1 aromatic carbocycles. The van der Waals surface area contributed by atoms with Gasteiger partial charge in [-0.05, 0) is 31.7 Å². The Morgan fingerprint density at radius 2 is 1.83 bits per heavy atom. The van der Waals surface area contributed by atoms with Gasteiger partial charge in [0.15, 0.2) is 0 Å². The molecule has 3 rings (SSSR count). The van der Waals surface area contributed by atoms with Gasteiger partial charge >= 0.3 is 0 Å². The lowest BCUT2D eigenvalue weighted by Gasteiger charge is -2.41. The van der Waals surface area contributed by atoms with Crippen LogP contribution >= 0.6 is 24.8 Å². The van der Waals surface area contributed by atoms with E-state index in [0.717, 1.165) is 57.8 Å². The number of aromatic hydroxyl groups is 1. The molecular formula is C17H28Cl2N2O2. The van der Waals surface area contributed by atoms with Gasteiger partial charge in [-0.25, -0.2) is 0 Å². The van der Waals surface area contributed by atoms with Gasteiger partial charge in [-0.2, -0.15) is 0 Å². The SMILES string of the molecule is Cc1ccc(O)c([C@@H](C2CCOCC2)N2CCNCC2)c1.Cl.Cl. The van der Waals surface area contributed by atoms with Crippen molar-refractivity contribution in [1.29, 1.82) is 0 Å². The van der Waals surface area contributed by atoms with Crippen LogP contribution in [0.4, 0.5) is 0 Å². The number of ether oxygens (including phenoxy) is 1. The largest absolute Gasteiger partial charge is 0.508 e. The Morgan fingerprint density at radius 1 is 1.17 bits per heavy atom. The predicted octanol–water partition coefficient (Wildman–Crippen LogP) is 2.92. The number of piperazine rings is 1. The van der Waals surface area contributed by atoms with Gasteiger partial charge in [0, 0.05) is 51.0 Å². The highest BCUT2D eigenvalue weighted by atomic mass is 35.5. The number of rotatable bonds is 3. The van der Waals surface area contributed by atoms with Crippen molar-refractivity contribution in [3.63, 3.8) is 0 Å². The maximum atomic E-state index is 10.4. The molecule has 0 unspecified atom stereocenters. The number of aryl methyl sites for hydroxylation is 1. The van der Waals surface area contributed by atoms with Crippen molar-refractivity contribution in [3.8, 4) is 5.75 Å². The van der Waals surface area contributed by atoms with Gasteiger partial charge in [0.2, 0.25) is 0 Å². The summed E-state index contributed by atoms with van der Waals surface area (Å²) in [7, 11) is 0. The molecule has 2 N–H and O–H groups in total. The second-order valence-corrected chi connectivity index (χ2v) is 6.24. The smallest absolute Gasteiger partial charge is 0.120 e. The zero-order valence-electron chi connectivity index (χ0n) is 13.7. The van der Waals surface area contributed by atoms with Crippen molar-refractivity contribution in [2.75, 3.05) is 39.4 Å². The maximum absolute atomic E-state index is 10.4. The Kier molecular flexibility index (Phi) is 8.65. The van der Waals surface area contributed by atoms with Crippen LogP contribution in [0.2, 0.25) is 0 Å². The van der Waals surface area contributed by atoms with Crippen LogP contribution in [0.3, 0.4) is 0 Å². The maximum Gasteiger partial charge on any atom is 0.120 e. The fraction of sp³-hybridized carbons (Fsp3) is 0.647.